The normalized spacial score (nSPS) is 10.3. The number of carbonyl (C=O) groups excluding carboxylic acids is 2. The van der Waals surface area contributed by atoms with E-state index in [1.807, 2.05) is 0 Å². The Morgan fingerprint density at radius 1 is 1.15 bits per heavy atom. The van der Waals surface area contributed by atoms with Crippen LogP contribution in [0.2, 0.25) is 0 Å². The molecule has 0 saturated heterocycles. The molecular weight excluding hydrogens is 342 g/mol. The van der Waals surface area contributed by atoms with Gasteiger partial charge in [0.2, 0.25) is 0 Å². The van der Waals surface area contributed by atoms with Gasteiger partial charge < -0.3 is 29.0 Å². The summed E-state index contributed by atoms with van der Waals surface area (Å²) < 4.78 is 20.7. The predicted molar refractivity (Wildman–Crippen MR) is 94.2 cm³/mol. The Morgan fingerprint density at radius 2 is 1.92 bits per heavy atom. The van der Waals surface area contributed by atoms with E-state index in [-0.39, 0.29) is 51.3 Å². The second-order valence-electron chi connectivity index (χ2n) is 5.24. The second-order valence-corrected chi connectivity index (χ2v) is 5.24. The van der Waals surface area contributed by atoms with Gasteiger partial charge >= 0.3 is 5.97 Å². The van der Waals surface area contributed by atoms with E-state index >= 15 is 0 Å². The maximum Gasteiger partial charge on any atom is 0.307 e. The standard InChI is InChI=1S/C18H27NO7/c1-3-25-18(22)7-8-19(9-11-24-12-10-20)17(21)14-26-16-6-4-5-15(13-16)23-2/h4-6,13,20H,3,7-12,14H2,1-2H3. The number of hydrogen-bond donors (Lipinski definition) is 1. The van der Waals surface area contributed by atoms with E-state index in [0.29, 0.717) is 24.7 Å². The van der Waals surface area contributed by atoms with Gasteiger partial charge in [-0.25, -0.2) is 0 Å². The lowest BCUT2D eigenvalue weighted by atomic mass is 10.3. The van der Waals surface area contributed by atoms with Crippen molar-refractivity contribution in [1.29, 1.82) is 0 Å². The fourth-order valence-electron chi connectivity index (χ4n) is 2.09. The second kappa shape index (κ2) is 13.0. The maximum absolute atomic E-state index is 12.4. The summed E-state index contributed by atoms with van der Waals surface area (Å²) in [5.41, 5.74) is 0. The van der Waals surface area contributed by atoms with E-state index in [4.69, 9.17) is 24.1 Å². The maximum atomic E-state index is 12.4. The monoisotopic (exact) mass is 369 g/mol. The van der Waals surface area contributed by atoms with Crippen LogP contribution in [-0.2, 0) is 19.1 Å². The summed E-state index contributed by atoms with van der Waals surface area (Å²) in [6, 6.07) is 6.95. The summed E-state index contributed by atoms with van der Waals surface area (Å²) >= 11 is 0. The molecule has 146 valence electrons. The van der Waals surface area contributed by atoms with Crippen LogP contribution in [0, 0.1) is 0 Å². The number of carbonyl (C=O) groups is 2. The van der Waals surface area contributed by atoms with E-state index in [2.05, 4.69) is 0 Å². The summed E-state index contributed by atoms with van der Waals surface area (Å²) in [7, 11) is 1.55. The molecule has 0 bridgehead atoms. The number of rotatable bonds is 13. The van der Waals surface area contributed by atoms with Crippen LogP contribution in [0.3, 0.4) is 0 Å². The fraction of sp³-hybridized carbons (Fsp3) is 0.556. The number of hydrogen-bond acceptors (Lipinski definition) is 7. The number of benzene rings is 1. The highest BCUT2D eigenvalue weighted by molar-refractivity contribution is 5.78. The lowest BCUT2D eigenvalue weighted by Crippen LogP contribution is -2.39. The summed E-state index contributed by atoms with van der Waals surface area (Å²) in [6.07, 6.45) is 0.0960. The van der Waals surface area contributed by atoms with Gasteiger partial charge in [0.25, 0.3) is 5.91 Å². The number of ether oxygens (including phenoxy) is 4. The number of methoxy groups -OCH3 is 1. The topological polar surface area (TPSA) is 94.5 Å². The van der Waals surface area contributed by atoms with Crippen LogP contribution in [0.25, 0.3) is 0 Å². The van der Waals surface area contributed by atoms with Gasteiger partial charge in [-0.3, -0.25) is 9.59 Å². The third-order valence-electron chi connectivity index (χ3n) is 3.39. The first-order chi connectivity index (χ1) is 12.6. The first-order valence-electron chi connectivity index (χ1n) is 8.49. The van der Waals surface area contributed by atoms with Gasteiger partial charge in [0, 0.05) is 19.2 Å². The first kappa shape index (κ1) is 21.7. The molecule has 8 nitrogen and oxygen atoms in total. The molecule has 0 spiro atoms. The van der Waals surface area contributed by atoms with E-state index in [1.54, 1.807) is 38.3 Å². The molecular formula is C18H27NO7. The van der Waals surface area contributed by atoms with Crippen LogP contribution in [0.1, 0.15) is 13.3 Å². The van der Waals surface area contributed by atoms with E-state index in [1.165, 1.54) is 4.90 Å². The minimum atomic E-state index is -0.365. The highest BCUT2D eigenvalue weighted by atomic mass is 16.5. The van der Waals surface area contributed by atoms with Gasteiger partial charge in [-0.15, -0.1) is 0 Å². The Labute approximate surface area is 153 Å². The Kier molecular flexibility index (Phi) is 10.8. The summed E-state index contributed by atoms with van der Waals surface area (Å²) in [5.74, 6) is 0.506. The molecule has 0 saturated carbocycles. The zero-order valence-corrected chi connectivity index (χ0v) is 15.3. The third kappa shape index (κ3) is 8.68. The molecule has 0 aromatic heterocycles. The molecule has 1 rings (SSSR count). The molecule has 0 aliphatic heterocycles. The van der Waals surface area contributed by atoms with Crippen molar-refractivity contribution in [2.45, 2.75) is 13.3 Å². The molecule has 0 fully saturated rings. The molecule has 26 heavy (non-hydrogen) atoms. The van der Waals surface area contributed by atoms with Crippen molar-refractivity contribution >= 4 is 11.9 Å². The van der Waals surface area contributed by atoms with E-state index < -0.39 is 0 Å². The molecule has 0 aliphatic rings. The molecule has 1 amide bonds. The molecule has 1 aromatic carbocycles. The molecule has 0 atom stereocenters. The molecule has 0 aliphatic carbocycles. The molecule has 0 heterocycles. The van der Waals surface area contributed by atoms with Crippen LogP contribution < -0.4 is 9.47 Å². The van der Waals surface area contributed by atoms with Crippen molar-refractivity contribution in [3.8, 4) is 11.5 Å². The number of nitrogens with zero attached hydrogens (tertiary/aromatic N) is 1. The minimum absolute atomic E-state index is 0.0876. The van der Waals surface area contributed by atoms with Crippen molar-refractivity contribution in [3.05, 3.63) is 24.3 Å². The molecule has 0 radical (unpaired) electrons. The van der Waals surface area contributed by atoms with E-state index in [0.717, 1.165) is 0 Å². The van der Waals surface area contributed by atoms with Crippen molar-refractivity contribution in [2.24, 2.45) is 0 Å². The average Bonchev–Trinajstić information content (AvgIpc) is 2.66. The smallest absolute Gasteiger partial charge is 0.307 e. The molecule has 1 N–H and O–H groups in total. The lowest BCUT2D eigenvalue weighted by Gasteiger charge is -2.22. The average molecular weight is 369 g/mol. The van der Waals surface area contributed by atoms with Crippen molar-refractivity contribution in [3.63, 3.8) is 0 Å². The Hall–Kier alpha value is -2.32. The van der Waals surface area contributed by atoms with Gasteiger partial charge in [-0.2, -0.15) is 0 Å². The van der Waals surface area contributed by atoms with Crippen LogP contribution in [0.15, 0.2) is 24.3 Å². The van der Waals surface area contributed by atoms with Crippen LogP contribution >= 0.6 is 0 Å². The highest BCUT2D eigenvalue weighted by Gasteiger charge is 2.16. The van der Waals surface area contributed by atoms with Gasteiger partial charge in [-0.05, 0) is 19.1 Å². The van der Waals surface area contributed by atoms with Gasteiger partial charge in [0.15, 0.2) is 6.61 Å². The van der Waals surface area contributed by atoms with Gasteiger partial charge in [-0.1, -0.05) is 6.07 Å². The highest BCUT2D eigenvalue weighted by Crippen LogP contribution is 2.18. The van der Waals surface area contributed by atoms with Crippen LogP contribution in [0.4, 0.5) is 0 Å². The third-order valence-corrected chi connectivity index (χ3v) is 3.39. The SMILES string of the molecule is CCOC(=O)CCN(CCOCCO)C(=O)COc1cccc(OC)c1. The minimum Gasteiger partial charge on any atom is -0.497 e. The Bertz CT molecular complexity index is 550. The summed E-state index contributed by atoms with van der Waals surface area (Å²) in [4.78, 5) is 25.4. The number of amides is 1. The summed E-state index contributed by atoms with van der Waals surface area (Å²) in [5, 5.41) is 8.73. The van der Waals surface area contributed by atoms with Crippen LogP contribution in [0.5, 0.6) is 11.5 Å². The van der Waals surface area contributed by atoms with Crippen molar-refractivity contribution in [2.75, 3.05) is 53.2 Å². The first-order valence-corrected chi connectivity index (χ1v) is 8.49. The van der Waals surface area contributed by atoms with Gasteiger partial charge in [0.05, 0.1) is 40.0 Å². The predicted octanol–water partition coefficient (Wildman–Crippen LogP) is 0.865. The van der Waals surface area contributed by atoms with Crippen molar-refractivity contribution in [1.82, 2.24) is 4.90 Å². The van der Waals surface area contributed by atoms with Crippen LogP contribution in [-0.4, -0.2) is 75.1 Å². The number of aliphatic hydroxyl groups excluding tert-OH is 1. The lowest BCUT2D eigenvalue weighted by molar-refractivity contribution is -0.144. The zero-order chi connectivity index (χ0) is 19.2. The number of aliphatic hydroxyl groups is 1. The fourth-order valence-corrected chi connectivity index (χ4v) is 2.09. The summed E-state index contributed by atoms with van der Waals surface area (Å²) in [6.45, 7) is 2.72. The van der Waals surface area contributed by atoms with Gasteiger partial charge in [0.1, 0.15) is 11.5 Å². The quantitative estimate of drug-likeness (QED) is 0.407. The Balaban J connectivity index is 2.55. The molecule has 0 unspecified atom stereocenters. The molecule has 1 aromatic rings. The zero-order valence-electron chi connectivity index (χ0n) is 15.3. The van der Waals surface area contributed by atoms with Crippen molar-refractivity contribution < 1.29 is 33.6 Å². The van der Waals surface area contributed by atoms with E-state index in [9.17, 15) is 9.59 Å². The largest absolute Gasteiger partial charge is 0.497 e. The molecule has 8 heteroatoms. The number of esters is 1. The Morgan fingerprint density at radius 3 is 2.62 bits per heavy atom.